The summed E-state index contributed by atoms with van der Waals surface area (Å²) in [7, 11) is -3.93. The summed E-state index contributed by atoms with van der Waals surface area (Å²) in [6, 6.07) is 9.12. The van der Waals surface area contributed by atoms with Crippen molar-refractivity contribution in [2.24, 2.45) is 0 Å². The average molecular weight is 455 g/mol. The summed E-state index contributed by atoms with van der Waals surface area (Å²) in [5.41, 5.74) is 1.06. The molecule has 1 atom stereocenters. The third-order valence-electron chi connectivity index (χ3n) is 4.64. The maximum Gasteiger partial charge on any atom is 0.243 e. The van der Waals surface area contributed by atoms with E-state index in [1.54, 1.807) is 0 Å². The zero-order valence-electron chi connectivity index (χ0n) is 18.3. The minimum absolute atomic E-state index is 0.0293. The van der Waals surface area contributed by atoms with Crippen molar-refractivity contribution in [3.8, 4) is 5.75 Å². The van der Waals surface area contributed by atoms with Crippen LogP contribution in [-0.4, -0.2) is 39.8 Å². The molecule has 2 rings (SSSR count). The molecule has 0 aliphatic carbocycles. The Morgan fingerprint density at radius 1 is 1.10 bits per heavy atom. The first-order chi connectivity index (χ1) is 14.3. The van der Waals surface area contributed by atoms with Crippen molar-refractivity contribution in [2.75, 3.05) is 23.7 Å². The van der Waals surface area contributed by atoms with Gasteiger partial charge in [0, 0.05) is 6.07 Å². The number of sulfonamides is 1. The molecule has 1 amide bonds. The zero-order valence-corrected chi connectivity index (χ0v) is 19.1. The van der Waals surface area contributed by atoms with Crippen LogP contribution < -0.4 is 14.4 Å². The molecular formula is C22H28F2N2O4S. The summed E-state index contributed by atoms with van der Waals surface area (Å²) in [6.45, 7) is 8.01. The Hall–Kier alpha value is -2.68. The number of nitrogens with one attached hydrogen (secondary N) is 1. The zero-order chi connectivity index (χ0) is 23.4. The lowest BCUT2D eigenvalue weighted by molar-refractivity contribution is -0.121. The number of benzene rings is 2. The number of carbonyl (C=O) groups is 1. The summed E-state index contributed by atoms with van der Waals surface area (Å²) in [4.78, 5) is 12.5. The first-order valence-corrected chi connectivity index (χ1v) is 11.6. The Labute approximate surface area is 182 Å². The topological polar surface area (TPSA) is 75.7 Å². The lowest BCUT2D eigenvalue weighted by Crippen LogP contribution is -2.48. The molecule has 2 aromatic rings. The van der Waals surface area contributed by atoms with Gasteiger partial charge in [0.2, 0.25) is 15.9 Å². The second kappa shape index (κ2) is 9.64. The quantitative estimate of drug-likeness (QED) is 0.619. The van der Waals surface area contributed by atoms with Gasteiger partial charge in [0.15, 0.2) is 11.6 Å². The van der Waals surface area contributed by atoms with E-state index in [0.29, 0.717) is 5.75 Å². The Morgan fingerprint density at radius 3 is 2.23 bits per heavy atom. The number of amides is 1. The molecule has 170 valence electrons. The van der Waals surface area contributed by atoms with Gasteiger partial charge in [-0.2, -0.15) is 0 Å². The molecule has 0 radical (unpaired) electrons. The van der Waals surface area contributed by atoms with Gasteiger partial charge in [0.25, 0.3) is 0 Å². The highest BCUT2D eigenvalue weighted by Crippen LogP contribution is 2.25. The maximum absolute atomic E-state index is 13.6. The molecule has 0 aromatic heterocycles. The molecule has 0 saturated heterocycles. The van der Waals surface area contributed by atoms with Crippen LogP contribution in [0.4, 0.5) is 14.5 Å². The van der Waals surface area contributed by atoms with Gasteiger partial charge in [-0.1, -0.05) is 32.9 Å². The highest BCUT2D eigenvalue weighted by Gasteiger charge is 2.29. The normalized spacial score (nSPS) is 12.9. The van der Waals surface area contributed by atoms with Gasteiger partial charge >= 0.3 is 0 Å². The fourth-order valence-electron chi connectivity index (χ4n) is 2.97. The molecule has 0 unspecified atom stereocenters. The van der Waals surface area contributed by atoms with Crippen molar-refractivity contribution in [1.29, 1.82) is 0 Å². The number of ether oxygens (including phenoxy) is 1. The Balaban J connectivity index is 1.97. The van der Waals surface area contributed by atoms with E-state index in [0.717, 1.165) is 28.8 Å². The minimum Gasteiger partial charge on any atom is -0.492 e. The smallest absolute Gasteiger partial charge is 0.243 e. The number of hydrogen-bond acceptors (Lipinski definition) is 4. The van der Waals surface area contributed by atoms with Crippen molar-refractivity contribution in [3.05, 3.63) is 59.7 Å². The third kappa shape index (κ3) is 6.65. The standard InChI is InChI=1S/C22H28F2N2O4S/c1-15(26(31(5,28)29)17-8-11-19(23)20(24)14-17)21(27)25-12-13-30-18-9-6-16(7-10-18)22(2,3)4/h6-11,14-15H,12-13H2,1-5H3,(H,25,27)/t15-/m1/s1. The van der Waals surface area contributed by atoms with Gasteiger partial charge in [0.05, 0.1) is 18.5 Å². The minimum atomic E-state index is -3.93. The van der Waals surface area contributed by atoms with Gasteiger partial charge in [-0.25, -0.2) is 17.2 Å². The Kier molecular flexibility index (Phi) is 7.64. The molecule has 0 aliphatic heterocycles. The molecule has 2 aromatic carbocycles. The van der Waals surface area contributed by atoms with Crippen molar-refractivity contribution in [2.45, 2.75) is 39.2 Å². The van der Waals surface area contributed by atoms with Gasteiger partial charge < -0.3 is 10.1 Å². The molecule has 9 heteroatoms. The number of anilines is 1. The van der Waals surface area contributed by atoms with Gasteiger partial charge in [-0.3, -0.25) is 9.10 Å². The SMILES string of the molecule is C[C@H](C(=O)NCCOc1ccc(C(C)(C)C)cc1)N(c1ccc(F)c(F)c1)S(C)(=O)=O. The molecule has 1 N–H and O–H groups in total. The molecule has 0 heterocycles. The molecule has 0 bridgehead atoms. The number of halogens is 2. The monoisotopic (exact) mass is 454 g/mol. The van der Waals surface area contributed by atoms with Crippen LogP contribution in [0.3, 0.4) is 0 Å². The van der Waals surface area contributed by atoms with E-state index in [4.69, 9.17) is 4.74 Å². The summed E-state index contributed by atoms with van der Waals surface area (Å²) < 4.78 is 57.5. The van der Waals surface area contributed by atoms with E-state index in [2.05, 4.69) is 26.1 Å². The molecular weight excluding hydrogens is 426 g/mol. The Morgan fingerprint density at radius 2 is 1.71 bits per heavy atom. The largest absolute Gasteiger partial charge is 0.492 e. The summed E-state index contributed by atoms with van der Waals surface area (Å²) >= 11 is 0. The lowest BCUT2D eigenvalue weighted by atomic mass is 9.87. The summed E-state index contributed by atoms with van der Waals surface area (Å²) in [6.07, 6.45) is 0.891. The number of hydrogen-bond donors (Lipinski definition) is 1. The molecule has 0 spiro atoms. The van der Waals surface area contributed by atoms with E-state index in [-0.39, 0.29) is 24.3 Å². The van der Waals surface area contributed by atoms with Crippen LogP contribution in [0.25, 0.3) is 0 Å². The first-order valence-electron chi connectivity index (χ1n) is 9.76. The summed E-state index contributed by atoms with van der Waals surface area (Å²) in [5, 5.41) is 2.60. The van der Waals surface area contributed by atoms with Crippen LogP contribution in [-0.2, 0) is 20.2 Å². The highest BCUT2D eigenvalue weighted by molar-refractivity contribution is 7.92. The van der Waals surface area contributed by atoms with E-state index in [9.17, 15) is 22.0 Å². The van der Waals surface area contributed by atoms with E-state index in [1.165, 1.54) is 12.5 Å². The van der Waals surface area contributed by atoms with Crippen LogP contribution in [0, 0.1) is 11.6 Å². The summed E-state index contributed by atoms with van der Waals surface area (Å²) in [5.74, 6) is -2.26. The van der Waals surface area contributed by atoms with Crippen molar-refractivity contribution in [1.82, 2.24) is 5.32 Å². The molecule has 6 nitrogen and oxygen atoms in total. The molecule has 0 aliphatic rings. The van der Waals surface area contributed by atoms with Gasteiger partial charge in [-0.05, 0) is 42.2 Å². The Bertz CT molecular complexity index is 1020. The van der Waals surface area contributed by atoms with Crippen LogP contribution in [0.5, 0.6) is 5.75 Å². The fourth-order valence-corrected chi connectivity index (χ4v) is 4.14. The highest BCUT2D eigenvalue weighted by atomic mass is 32.2. The van der Waals surface area contributed by atoms with E-state index < -0.39 is 33.6 Å². The molecule has 0 saturated carbocycles. The molecule has 0 fully saturated rings. The van der Waals surface area contributed by atoms with E-state index in [1.807, 2.05) is 24.3 Å². The van der Waals surface area contributed by atoms with Crippen molar-refractivity contribution in [3.63, 3.8) is 0 Å². The van der Waals surface area contributed by atoms with Gasteiger partial charge in [-0.15, -0.1) is 0 Å². The maximum atomic E-state index is 13.6. The predicted molar refractivity (Wildman–Crippen MR) is 117 cm³/mol. The van der Waals surface area contributed by atoms with Crippen molar-refractivity contribution < 1.29 is 26.7 Å². The van der Waals surface area contributed by atoms with Crippen LogP contribution >= 0.6 is 0 Å². The fraction of sp³-hybridized carbons (Fsp3) is 0.409. The van der Waals surface area contributed by atoms with Gasteiger partial charge in [0.1, 0.15) is 18.4 Å². The number of nitrogens with zero attached hydrogens (tertiary/aromatic N) is 1. The lowest BCUT2D eigenvalue weighted by Gasteiger charge is -2.28. The van der Waals surface area contributed by atoms with Crippen LogP contribution in [0.1, 0.15) is 33.3 Å². The van der Waals surface area contributed by atoms with Crippen LogP contribution in [0.2, 0.25) is 0 Å². The van der Waals surface area contributed by atoms with Crippen LogP contribution in [0.15, 0.2) is 42.5 Å². The average Bonchev–Trinajstić information content (AvgIpc) is 2.66. The number of carbonyl (C=O) groups excluding carboxylic acids is 1. The van der Waals surface area contributed by atoms with Crippen molar-refractivity contribution >= 4 is 21.6 Å². The number of rotatable bonds is 8. The predicted octanol–water partition coefficient (Wildman–Crippen LogP) is 3.61. The second-order valence-corrected chi connectivity index (χ2v) is 10.1. The molecule has 31 heavy (non-hydrogen) atoms. The third-order valence-corrected chi connectivity index (χ3v) is 5.88. The van der Waals surface area contributed by atoms with E-state index >= 15 is 0 Å². The first kappa shape index (κ1) is 24.6. The second-order valence-electron chi connectivity index (χ2n) is 8.25.